The normalized spacial score (nSPS) is 24.0. The molecule has 1 aromatic rings. The largest absolute Gasteiger partial charge is 0.354 e. The van der Waals surface area contributed by atoms with Crippen molar-refractivity contribution < 1.29 is 4.21 Å². The zero-order valence-electron chi connectivity index (χ0n) is 13.1. The summed E-state index contributed by atoms with van der Waals surface area (Å²) in [6.07, 6.45) is 4.29. The van der Waals surface area contributed by atoms with Crippen LogP contribution in [-0.4, -0.2) is 34.3 Å². The topological polar surface area (TPSA) is 53.5 Å². The molecule has 22 heavy (non-hydrogen) atoms. The predicted molar refractivity (Wildman–Crippen MR) is 97.4 cm³/mol. The third kappa shape index (κ3) is 5.25. The highest BCUT2D eigenvalue weighted by Gasteiger charge is 2.25. The van der Waals surface area contributed by atoms with Crippen molar-refractivity contribution in [2.24, 2.45) is 4.99 Å². The summed E-state index contributed by atoms with van der Waals surface area (Å²) in [4.78, 5) is 5.47. The summed E-state index contributed by atoms with van der Waals surface area (Å²) in [5.74, 6) is 1.56. The lowest BCUT2D eigenvalue weighted by atomic mass is 9.95. The summed E-state index contributed by atoms with van der Waals surface area (Å²) in [6, 6.07) is 4.28. The molecule has 2 N–H and O–H groups in total. The third-order valence-corrected chi connectivity index (χ3v) is 6.88. The van der Waals surface area contributed by atoms with E-state index >= 15 is 0 Å². The smallest absolute Gasteiger partial charge is 0.191 e. The van der Waals surface area contributed by atoms with Gasteiger partial charge in [-0.25, -0.2) is 0 Å². The van der Waals surface area contributed by atoms with Crippen LogP contribution in [-0.2, 0) is 17.3 Å². The Labute approximate surface area is 144 Å². The van der Waals surface area contributed by atoms with Crippen LogP contribution in [0.15, 0.2) is 17.1 Å². The van der Waals surface area contributed by atoms with E-state index in [2.05, 4.69) is 15.6 Å². The summed E-state index contributed by atoms with van der Waals surface area (Å²) in [7, 11) is 1.08. The van der Waals surface area contributed by atoms with Gasteiger partial charge in [0.25, 0.3) is 0 Å². The quantitative estimate of drug-likeness (QED) is 0.625. The Morgan fingerprint density at radius 1 is 1.50 bits per heavy atom. The second-order valence-electron chi connectivity index (χ2n) is 5.43. The molecule has 0 aliphatic heterocycles. The second-order valence-corrected chi connectivity index (χ2v) is 9.24. The molecule has 1 heterocycles. The maximum Gasteiger partial charge on any atom is 0.191 e. The Hall–Kier alpha value is -0.590. The molecule has 0 saturated heterocycles. The van der Waals surface area contributed by atoms with Crippen LogP contribution >= 0.6 is 22.9 Å². The molecule has 0 amide bonds. The lowest BCUT2D eigenvalue weighted by molar-refractivity contribution is 0.413. The Morgan fingerprint density at radius 2 is 2.32 bits per heavy atom. The van der Waals surface area contributed by atoms with Gasteiger partial charge in [0.15, 0.2) is 5.96 Å². The minimum absolute atomic E-state index is 0.324. The van der Waals surface area contributed by atoms with Gasteiger partial charge in [0.1, 0.15) is 0 Å². The Balaban J connectivity index is 1.83. The summed E-state index contributed by atoms with van der Waals surface area (Å²) >= 11 is 7.51. The van der Waals surface area contributed by atoms with Gasteiger partial charge in [0.05, 0.1) is 10.9 Å². The first-order valence-corrected chi connectivity index (χ1v) is 10.3. The van der Waals surface area contributed by atoms with E-state index < -0.39 is 10.8 Å². The molecule has 3 unspecified atom stereocenters. The zero-order valence-corrected chi connectivity index (χ0v) is 15.5. The number of rotatable bonds is 5. The van der Waals surface area contributed by atoms with Crippen LogP contribution in [0.2, 0.25) is 4.34 Å². The van der Waals surface area contributed by atoms with Crippen LogP contribution in [0, 0.1) is 0 Å². The summed E-state index contributed by atoms with van der Waals surface area (Å²) in [6.45, 7) is 2.72. The van der Waals surface area contributed by atoms with Gasteiger partial charge in [-0.15, -0.1) is 11.3 Å². The van der Waals surface area contributed by atoms with Crippen molar-refractivity contribution in [2.45, 2.75) is 50.4 Å². The molecule has 7 heteroatoms. The maximum atomic E-state index is 12.0. The highest BCUT2D eigenvalue weighted by Crippen LogP contribution is 2.23. The molecule has 4 nitrogen and oxygen atoms in total. The van der Waals surface area contributed by atoms with Crippen LogP contribution in [0.1, 0.15) is 37.5 Å². The number of hydrogen-bond acceptors (Lipinski definition) is 3. The van der Waals surface area contributed by atoms with E-state index in [-0.39, 0.29) is 0 Å². The van der Waals surface area contributed by atoms with Crippen molar-refractivity contribution >= 4 is 39.7 Å². The molecule has 0 aromatic carbocycles. The molecule has 0 spiro atoms. The van der Waals surface area contributed by atoms with Crippen molar-refractivity contribution in [2.75, 3.05) is 12.8 Å². The van der Waals surface area contributed by atoms with Gasteiger partial charge < -0.3 is 10.6 Å². The fraction of sp³-hybridized carbons (Fsp3) is 0.667. The van der Waals surface area contributed by atoms with Crippen molar-refractivity contribution in [3.63, 3.8) is 0 Å². The van der Waals surface area contributed by atoms with E-state index in [0.717, 1.165) is 41.7 Å². The molecule has 3 atom stereocenters. The van der Waals surface area contributed by atoms with E-state index in [1.165, 1.54) is 4.88 Å². The molecule has 0 bridgehead atoms. The van der Waals surface area contributed by atoms with Crippen LogP contribution < -0.4 is 10.6 Å². The molecule has 124 valence electrons. The number of guanidine groups is 1. The first kappa shape index (κ1) is 17.8. The van der Waals surface area contributed by atoms with Crippen molar-refractivity contribution in [3.05, 3.63) is 21.3 Å². The molecular formula is C15H24ClN3OS2. The van der Waals surface area contributed by atoms with Gasteiger partial charge in [-0.2, -0.15) is 0 Å². The number of hydrogen-bond donors (Lipinski definition) is 2. The second kappa shape index (κ2) is 8.89. The monoisotopic (exact) mass is 361 g/mol. The standard InChI is InChI=1S/C15H24ClN3OS2/c1-3-22(20)13-6-4-5-11(9-13)19-15(17-2)18-10-12-7-8-14(16)21-12/h7-8,11,13H,3-6,9-10H2,1-2H3,(H2,17,18,19). The van der Waals surface area contributed by atoms with Gasteiger partial charge in [0, 0.05) is 39.8 Å². The average Bonchev–Trinajstić information content (AvgIpc) is 2.96. The van der Waals surface area contributed by atoms with E-state index in [1.54, 1.807) is 18.4 Å². The molecule has 1 saturated carbocycles. The molecule has 1 aliphatic carbocycles. The number of nitrogens with zero attached hydrogens (tertiary/aromatic N) is 1. The van der Waals surface area contributed by atoms with Crippen LogP contribution in [0.25, 0.3) is 0 Å². The van der Waals surface area contributed by atoms with Gasteiger partial charge in [-0.3, -0.25) is 9.20 Å². The van der Waals surface area contributed by atoms with Gasteiger partial charge in [-0.05, 0) is 31.4 Å². The molecule has 1 fully saturated rings. The number of nitrogens with one attached hydrogen (secondary N) is 2. The fourth-order valence-corrected chi connectivity index (χ4v) is 5.13. The molecule has 0 radical (unpaired) electrons. The Morgan fingerprint density at radius 3 is 2.95 bits per heavy atom. The summed E-state index contributed by atoms with van der Waals surface area (Å²) in [5.41, 5.74) is 0. The zero-order chi connectivity index (χ0) is 15.9. The minimum atomic E-state index is -0.695. The number of thiophene rings is 1. The first-order chi connectivity index (χ1) is 10.6. The Kier molecular flexibility index (Phi) is 7.18. The van der Waals surface area contributed by atoms with Crippen LogP contribution in [0.4, 0.5) is 0 Å². The van der Waals surface area contributed by atoms with E-state index in [4.69, 9.17) is 11.6 Å². The van der Waals surface area contributed by atoms with E-state index in [1.807, 2.05) is 19.1 Å². The number of halogens is 1. The lowest BCUT2D eigenvalue weighted by Gasteiger charge is -2.30. The van der Waals surface area contributed by atoms with E-state index in [0.29, 0.717) is 17.8 Å². The molecule has 1 aliphatic rings. The van der Waals surface area contributed by atoms with Crippen molar-refractivity contribution in [1.82, 2.24) is 10.6 Å². The molecule has 2 rings (SSSR count). The molecule has 1 aromatic heterocycles. The highest BCUT2D eigenvalue weighted by atomic mass is 35.5. The van der Waals surface area contributed by atoms with E-state index in [9.17, 15) is 4.21 Å². The average molecular weight is 362 g/mol. The predicted octanol–water partition coefficient (Wildman–Crippen LogP) is 3.15. The third-order valence-electron chi connectivity index (χ3n) is 3.91. The maximum absolute atomic E-state index is 12.0. The van der Waals surface area contributed by atoms with Gasteiger partial charge in [0.2, 0.25) is 0 Å². The fourth-order valence-electron chi connectivity index (χ4n) is 2.76. The lowest BCUT2D eigenvalue weighted by Crippen LogP contribution is -2.46. The SMILES string of the molecule is CCS(=O)C1CCCC(NC(=NC)NCc2ccc(Cl)s2)C1. The van der Waals surface area contributed by atoms with Gasteiger partial charge >= 0.3 is 0 Å². The highest BCUT2D eigenvalue weighted by molar-refractivity contribution is 7.85. The summed E-state index contributed by atoms with van der Waals surface area (Å²) < 4.78 is 12.8. The van der Waals surface area contributed by atoms with Crippen molar-refractivity contribution in [3.8, 4) is 0 Å². The Bertz CT molecular complexity index is 533. The molecular weight excluding hydrogens is 338 g/mol. The minimum Gasteiger partial charge on any atom is -0.354 e. The first-order valence-electron chi connectivity index (χ1n) is 7.71. The number of aliphatic imine (C=N–C) groups is 1. The van der Waals surface area contributed by atoms with Crippen LogP contribution in [0.3, 0.4) is 0 Å². The summed E-state index contributed by atoms with van der Waals surface area (Å²) in [5, 5.41) is 7.11. The van der Waals surface area contributed by atoms with Gasteiger partial charge in [-0.1, -0.05) is 24.9 Å². The van der Waals surface area contributed by atoms with Crippen LogP contribution in [0.5, 0.6) is 0 Å². The van der Waals surface area contributed by atoms with Crippen molar-refractivity contribution in [1.29, 1.82) is 0 Å².